The van der Waals surface area contributed by atoms with Gasteiger partial charge in [0, 0.05) is 16.0 Å². The summed E-state index contributed by atoms with van der Waals surface area (Å²) in [6, 6.07) is 15.0. The third-order valence-corrected chi connectivity index (χ3v) is 7.00. The van der Waals surface area contributed by atoms with Crippen molar-refractivity contribution in [2.45, 2.75) is 64.1 Å². The Balaban J connectivity index is 2.24. The summed E-state index contributed by atoms with van der Waals surface area (Å²) in [5, 5.41) is 12.0. The largest absolute Gasteiger partial charge is 0.391 e. The van der Waals surface area contributed by atoms with Crippen LogP contribution >= 0.6 is 23.2 Å². The number of rotatable bonds is 7. The highest BCUT2D eigenvalue weighted by Gasteiger charge is 2.51. The van der Waals surface area contributed by atoms with E-state index in [1.165, 1.54) is 0 Å². The van der Waals surface area contributed by atoms with E-state index in [1.54, 1.807) is 6.92 Å². The number of nitrogens with zero attached hydrogens (tertiary/aromatic N) is 1. The van der Waals surface area contributed by atoms with E-state index in [1.807, 2.05) is 67.3 Å². The lowest BCUT2D eigenvalue weighted by Gasteiger charge is -2.52. The summed E-state index contributed by atoms with van der Waals surface area (Å²) in [5.41, 5.74) is 1.48. The van der Waals surface area contributed by atoms with E-state index in [4.69, 9.17) is 23.2 Å². The first kappa shape index (κ1) is 23.8. The molecule has 0 aliphatic carbocycles. The predicted octanol–water partition coefficient (Wildman–Crippen LogP) is 6.79. The molecule has 5 unspecified atom stereocenters. The van der Waals surface area contributed by atoms with Crippen LogP contribution in [0.25, 0.3) is 0 Å². The number of piperidine rings is 1. The zero-order valence-corrected chi connectivity index (χ0v) is 19.9. The standard InChI is InChI=1S/C26H31Cl2NO2/c1-5-14-26(4)16-22(19-8-7-9-21(28)15-19)24(18-10-12-20(27)13-11-18)29(25(26)31)23(6-2)17(3)30/h5,7-13,15,17,22-24,30H,1,6,14,16H2,2-4H3. The molecule has 0 radical (unpaired) electrons. The van der Waals surface area contributed by atoms with Crippen molar-refractivity contribution in [1.82, 2.24) is 4.90 Å². The van der Waals surface area contributed by atoms with Gasteiger partial charge in [-0.15, -0.1) is 6.58 Å². The van der Waals surface area contributed by atoms with Crippen LogP contribution in [0.3, 0.4) is 0 Å². The smallest absolute Gasteiger partial charge is 0.229 e. The van der Waals surface area contributed by atoms with Gasteiger partial charge in [-0.3, -0.25) is 4.79 Å². The van der Waals surface area contributed by atoms with Gasteiger partial charge in [-0.1, -0.05) is 67.4 Å². The van der Waals surface area contributed by atoms with Crippen molar-refractivity contribution in [3.63, 3.8) is 0 Å². The Morgan fingerprint density at radius 2 is 1.87 bits per heavy atom. The van der Waals surface area contributed by atoms with E-state index in [9.17, 15) is 9.90 Å². The average Bonchev–Trinajstić information content (AvgIpc) is 2.72. The molecule has 3 nitrogen and oxygen atoms in total. The molecule has 0 spiro atoms. The minimum Gasteiger partial charge on any atom is -0.391 e. The second-order valence-electron chi connectivity index (χ2n) is 8.84. The lowest BCUT2D eigenvalue weighted by Crippen LogP contribution is -2.57. The number of hydrogen-bond acceptors (Lipinski definition) is 2. The molecule has 1 heterocycles. The van der Waals surface area contributed by atoms with E-state index in [0.717, 1.165) is 11.1 Å². The molecule has 1 fully saturated rings. The highest BCUT2D eigenvalue weighted by molar-refractivity contribution is 6.30. The summed E-state index contributed by atoms with van der Waals surface area (Å²) in [6.07, 6.45) is 3.05. The van der Waals surface area contributed by atoms with Gasteiger partial charge in [0.05, 0.1) is 23.6 Å². The van der Waals surface area contributed by atoms with Crippen LogP contribution in [0.4, 0.5) is 0 Å². The van der Waals surface area contributed by atoms with Gasteiger partial charge in [0.2, 0.25) is 5.91 Å². The third-order valence-electron chi connectivity index (χ3n) is 6.52. The van der Waals surface area contributed by atoms with Crippen LogP contribution in [0.15, 0.2) is 61.2 Å². The molecule has 1 N–H and O–H groups in total. The van der Waals surface area contributed by atoms with Crippen molar-refractivity contribution in [2.24, 2.45) is 5.41 Å². The Morgan fingerprint density at radius 3 is 2.42 bits per heavy atom. The normalized spacial score (nSPS) is 25.9. The molecule has 166 valence electrons. The molecule has 1 amide bonds. The van der Waals surface area contributed by atoms with Crippen LogP contribution in [0, 0.1) is 5.41 Å². The van der Waals surface area contributed by atoms with E-state index >= 15 is 0 Å². The Morgan fingerprint density at radius 1 is 1.19 bits per heavy atom. The summed E-state index contributed by atoms with van der Waals surface area (Å²) >= 11 is 12.5. The Bertz CT molecular complexity index is 927. The number of carbonyl (C=O) groups excluding carboxylic acids is 1. The molecule has 2 aromatic rings. The number of amides is 1. The third kappa shape index (κ3) is 4.84. The quantitative estimate of drug-likeness (QED) is 0.462. The van der Waals surface area contributed by atoms with Gasteiger partial charge >= 0.3 is 0 Å². The van der Waals surface area contributed by atoms with Crippen molar-refractivity contribution in [2.75, 3.05) is 0 Å². The molecule has 0 saturated carbocycles. The van der Waals surface area contributed by atoms with Crippen LogP contribution < -0.4 is 0 Å². The molecule has 5 heteroatoms. The number of aliphatic hydroxyl groups excluding tert-OH is 1. The van der Waals surface area contributed by atoms with Gasteiger partial charge < -0.3 is 10.0 Å². The monoisotopic (exact) mass is 459 g/mol. The molecule has 0 aromatic heterocycles. The lowest BCUT2D eigenvalue weighted by atomic mass is 9.67. The second-order valence-corrected chi connectivity index (χ2v) is 9.72. The number of allylic oxidation sites excluding steroid dienone is 1. The molecule has 5 atom stereocenters. The SMILES string of the molecule is C=CCC1(C)CC(c2cccc(Cl)c2)C(c2ccc(Cl)cc2)N(C(CC)C(C)O)C1=O. The summed E-state index contributed by atoms with van der Waals surface area (Å²) < 4.78 is 0. The lowest BCUT2D eigenvalue weighted by molar-refractivity contribution is -0.158. The highest BCUT2D eigenvalue weighted by atomic mass is 35.5. The zero-order valence-electron chi connectivity index (χ0n) is 18.4. The van der Waals surface area contributed by atoms with Crippen LogP contribution in [0.5, 0.6) is 0 Å². The molecule has 1 aliphatic heterocycles. The number of carbonyl (C=O) groups is 1. The van der Waals surface area contributed by atoms with Crippen LogP contribution in [-0.2, 0) is 4.79 Å². The fourth-order valence-electron chi connectivity index (χ4n) is 5.02. The number of halogens is 2. The first-order chi connectivity index (χ1) is 14.7. The Labute approximate surface area is 195 Å². The topological polar surface area (TPSA) is 40.5 Å². The predicted molar refractivity (Wildman–Crippen MR) is 129 cm³/mol. The fourth-order valence-corrected chi connectivity index (χ4v) is 5.35. The van der Waals surface area contributed by atoms with Crippen molar-refractivity contribution < 1.29 is 9.90 Å². The van der Waals surface area contributed by atoms with Gasteiger partial charge in [-0.05, 0) is 61.6 Å². The van der Waals surface area contributed by atoms with Crippen LogP contribution in [0.1, 0.15) is 63.1 Å². The average molecular weight is 460 g/mol. The minimum absolute atomic E-state index is 0.00956. The second kappa shape index (κ2) is 9.77. The maximum Gasteiger partial charge on any atom is 0.229 e. The van der Waals surface area contributed by atoms with E-state index < -0.39 is 11.5 Å². The van der Waals surface area contributed by atoms with Gasteiger partial charge in [0.1, 0.15) is 0 Å². The number of benzene rings is 2. The van der Waals surface area contributed by atoms with Gasteiger partial charge in [0.15, 0.2) is 0 Å². The van der Waals surface area contributed by atoms with E-state index in [-0.39, 0.29) is 23.9 Å². The first-order valence-corrected chi connectivity index (χ1v) is 11.6. The molecule has 1 aliphatic rings. The Kier molecular flexibility index (Phi) is 7.51. The Hall–Kier alpha value is -1.81. The van der Waals surface area contributed by atoms with Gasteiger partial charge in [0.25, 0.3) is 0 Å². The van der Waals surface area contributed by atoms with E-state index in [0.29, 0.717) is 29.3 Å². The maximum absolute atomic E-state index is 14.0. The molecule has 3 rings (SSSR count). The summed E-state index contributed by atoms with van der Waals surface area (Å²) in [6.45, 7) is 9.68. The number of hydrogen-bond donors (Lipinski definition) is 1. The summed E-state index contributed by atoms with van der Waals surface area (Å²) in [5.74, 6) is 0.0636. The van der Waals surface area contributed by atoms with Crippen molar-refractivity contribution in [3.05, 3.63) is 82.4 Å². The maximum atomic E-state index is 14.0. The van der Waals surface area contributed by atoms with Crippen molar-refractivity contribution in [1.29, 1.82) is 0 Å². The van der Waals surface area contributed by atoms with Gasteiger partial charge in [-0.25, -0.2) is 0 Å². The molecule has 31 heavy (non-hydrogen) atoms. The summed E-state index contributed by atoms with van der Waals surface area (Å²) in [7, 11) is 0. The van der Waals surface area contributed by atoms with Crippen LogP contribution in [-0.4, -0.2) is 28.1 Å². The first-order valence-electron chi connectivity index (χ1n) is 10.8. The molecule has 2 aromatic carbocycles. The van der Waals surface area contributed by atoms with Gasteiger partial charge in [-0.2, -0.15) is 0 Å². The van der Waals surface area contributed by atoms with Crippen LogP contribution in [0.2, 0.25) is 10.0 Å². The van der Waals surface area contributed by atoms with Crippen molar-refractivity contribution >= 4 is 29.1 Å². The molecule has 1 saturated heterocycles. The summed E-state index contributed by atoms with van der Waals surface area (Å²) in [4.78, 5) is 15.9. The number of aliphatic hydroxyl groups is 1. The molecular weight excluding hydrogens is 429 g/mol. The van der Waals surface area contributed by atoms with Crippen molar-refractivity contribution in [3.8, 4) is 0 Å². The highest BCUT2D eigenvalue weighted by Crippen LogP contribution is 2.52. The minimum atomic E-state index is -0.658. The molecule has 0 bridgehead atoms. The number of likely N-dealkylation sites (tertiary alicyclic amines) is 1. The fraction of sp³-hybridized carbons (Fsp3) is 0.423. The molecular formula is C26H31Cl2NO2. The van der Waals surface area contributed by atoms with E-state index in [2.05, 4.69) is 12.6 Å². The zero-order chi connectivity index (χ0) is 22.8.